The monoisotopic (exact) mass is 232 g/mol. The van der Waals surface area contributed by atoms with Crippen molar-refractivity contribution in [2.75, 3.05) is 5.32 Å². The molecule has 2 nitrogen and oxygen atoms in total. The van der Waals surface area contributed by atoms with Crippen LogP contribution in [0.4, 0.5) is 5.69 Å². The second-order valence-electron chi connectivity index (χ2n) is 3.77. The molecule has 0 spiro atoms. The molecule has 2 heterocycles. The van der Waals surface area contributed by atoms with Gasteiger partial charge in [0.25, 0.3) is 0 Å². The summed E-state index contributed by atoms with van der Waals surface area (Å²) < 4.78 is 0. The molecule has 3 heteroatoms. The first-order valence-electron chi connectivity index (χ1n) is 5.51. The highest BCUT2D eigenvalue weighted by Gasteiger charge is 2.03. The van der Waals surface area contributed by atoms with E-state index in [0.29, 0.717) is 0 Å². The standard InChI is InChI=1S/C13H16N2S/c1-3-11-5-7-16-13(11)9-15-12-4-6-14-8-10(12)2/h4-8H,3,9H2,1-2H3,(H,14,15). The van der Waals surface area contributed by atoms with Crippen LogP contribution >= 0.6 is 11.3 Å². The lowest BCUT2D eigenvalue weighted by molar-refractivity contribution is 1.07. The second kappa shape index (κ2) is 5.12. The Labute approximate surface area is 100 Å². The summed E-state index contributed by atoms with van der Waals surface area (Å²) in [5.74, 6) is 0. The van der Waals surface area contributed by atoms with Crippen molar-refractivity contribution in [3.05, 3.63) is 45.9 Å². The molecule has 0 fully saturated rings. The largest absolute Gasteiger partial charge is 0.380 e. The van der Waals surface area contributed by atoms with Gasteiger partial charge >= 0.3 is 0 Å². The number of nitrogens with zero attached hydrogens (tertiary/aromatic N) is 1. The molecule has 84 valence electrons. The molecule has 0 atom stereocenters. The molecule has 0 aliphatic rings. The van der Waals surface area contributed by atoms with Gasteiger partial charge in [-0.25, -0.2) is 0 Å². The molecule has 0 saturated carbocycles. The van der Waals surface area contributed by atoms with E-state index in [4.69, 9.17) is 0 Å². The van der Waals surface area contributed by atoms with Crippen LogP contribution in [0.2, 0.25) is 0 Å². The Morgan fingerprint density at radius 1 is 1.38 bits per heavy atom. The molecule has 2 aromatic heterocycles. The molecule has 0 aliphatic carbocycles. The average Bonchev–Trinajstić information content (AvgIpc) is 2.75. The van der Waals surface area contributed by atoms with Gasteiger partial charge in [0.15, 0.2) is 0 Å². The van der Waals surface area contributed by atoms with Gasteiger partial charge in [0.05, 0.1) is 0 Å². The predicted molar refractivity (Wildman–Crippen MR) is 70.0 cm³/mol. The van der Waals surface area contributed by atoms with Gasteiger partial charge in [-0.2, -0.15) is 0 Å². The summed E-state index contributed by atoms with van der Waals surface area (Å²) in [4.78, 5) is 5.52. The van der Waals surface area contributed by atoms with Crippen molar-refractivity contribution in [3.8, 4) is 0 Å². The zero-order valence-corrected chi connectivity index (χ0v) is 10.5. The number of rotatable bonds is 4. The van der Waals surface area contributed by atoms with Crippen LogP contribution < -0.4 is 5.32 Å². The fraction of sp³-hybridized carbons (Fsp3) is 0.308. The normalized spacial score (nSPS) is 10.4. The number of hydrogen-bond donors (Lipinski definition) is 1. The average molecular weight is 232 g/mol. The summed E-state index contributed by atoms with van der Waals surface area (Å²) in [6, 6.07) is 4.23. The fourth-order valence-corrected chi connectivity index (χ4v) is 2.60. The summed E-state index contributed by atoms with van der Waals surface area (Å²) in [6.07, 6.45) is 4.82. The summed E-state index contributed by atoms with van der Waals surface area (Å²) in [7, 11) is 0. The van der Waals surface area contributed by atoms with Gasteiger partial charge < -0.3 is 5.32 Å². The smallest absolute Gasteiger partial charge is 0.0497 e. The van der Waals surface area contributed by atoms with Gasteiger partial charge in [0.1, 0.15) is 0 Å². The molecule has 0 saturated heterocycles. The van der Waals surface area contributed by atoms with Crippen LogP contribution in [0.25, 0.3) is 0 Å². The number of thiophene rings is 1. The van der Waals surface area contributed by atoms with Crippen LogP contribution in [0, 0.1) is 6.92 Å². The fourth-order valence-electron chi connectivity index (χ4n) is 1.68. The Morgan fingerprint density at radius 2 is 2.25 bits per heavy atom. The lowest BCUT2D eigenvalue weighted by Gasteiger charge is -2.08. The van der Waals surface area contributed by atoms with Crippen LogP contribution in [-0.4, -0.2) is 4.98 Å². The predicted octanol–water partition coefficient (Wildman–Crippen LogP) is 3.63. The summed E-state index contributed by atoms with van der Waals surface area (Å²) in [6.45, 7) is 5.18. The van der Waals surface area contributed by atoms with E-state index in [-0.39, 0.29) is 0 Å². The molecule has 2 rings (SSSR count). The number of aryl methyl sites for hydroxylation is 2. The summed E-state index contributed by atoms with van der Waals surface area (Å²) in [5.41, 5.74) is 3.81. The van der Waals surface area contributed by atoms with E-state index in [1.165, 1.54) is 21.7 Å². The molecule has 0 radical (unpaired) electrons. The van der Waals surface area contributed by atoms with E-state index in [1.807, 2.05) is 29.8 Å². The molecular weight excluding hydrogens is 216 g/mol. The molecule has 0 bridgehead atoms. The lowest BCUT2D eigenvalue weighted by atomic mass is 10.2. The van der Waals surface area contributed by atoms with Crippen LogP contribution in [0.5, 0.6) is 0 Å². The first kappa shape index (κ1) is 11.1. The second-order valence-corrected chi connectivity index (χ2v) is 4.77. The van der Waals surface area contributed by atoms with Gasteiger partial charge in [-0.15, -0.1) is 11.3 Å². The number of nitrogens with one attached hydrogen (secondary N) is 1. The lowest BCUT2D eigenvalue weighted by Crippen LogP contribution is -2.01. The molecule has 16 heavy (non-hydrogen) atoms. The highest BCUT2D eigenvalue weighted by Crippen LogP contribution is 2.20. The highest BCUT2D eigenvalue weighted by atomic mass is 32.1. The number of pyridine rings is 1. The van der Waals surface area contributed by atoms with E-state index in [0.717, 1.165) is 13.0 Å². The highest BCUT2D eigenvalue weighted by molar-refractivity contribution is 7.10. The van der Waals surface area contributed by atoms with Crippen molar-refractivity contribution in [1.82, 2.24) is 4.98 Å². The van der Waals surface area contributed by atoms with Crippen LogP contribution in [-0.2, 0) is 13.0 Å². The Balaban J connectivity index is 2.05. The molecule has 0 amide bonds. The Hall–Kier alpha value is -1.35. The summed E-state index contributed by atoms with van der Waals surface area (Å²) >= 11 is 1.82. The minimum absolute atomic E-state index is 0.908. The molecule has 2 aromatic rings. The topological polar surface area (TPSA) is 24.9 Å². The van der Waals surface area contributed by atoms with E-state index in [9.17, 15) is 0 Å². The molecule has 0 unspecified atom stereocenters. The first-order chi connectivity index (χ1) is 7.81. The zero-order valence-electron chi connectivity index (χ0n) is 9.66. The Bertz CT molecular complexity index is 462. The molecule has 1 N–H and O–H groups in total. The van der Waals surface area contributed by atoms with Crippen LogP contribution in [0.1, 0.15) is 22.9 Å². The minimum Gasteiger partial charge on any atom is -0.380 e. The van der Waals surface area contributed by atoms with Gasteiger partial charge in [-0.1, -0.05) is 6.92 Å². The van der Waals surface area contributed by atoms with Crippen molar-refractivity contribution in [2.24, 2.45) is 0 Å². The van der Waals surface area contributed by atoms with Crippen molar-refractivity contribution < 1.29 is 0 Å². The number of hydrogen-bond acceptors (Lipinski definition) is 3. The van der Waals surface area contributed by atoms with E-state index in [2.05, 4.69) is 35.6 Å². The van der Waals surface area contributed by atoms with Gasteiger partial charge in [-0.3, -0.25) is 4.98 Å². The molecule has 0 aliphatic heterocycles. The van der Waals surface area contributed by atoms with Gasteiger partial charge in [-0.05, 0) is 42.0 Å². The van der Waals surface area contributed by atoms with E-state index in [1.54, 1.807) is 0 Å². The third-order valence-electron chi connectivity index (χ3n) is 2.68. The first-order valence-corrected chi connectivity index (χ1v) is 6.39. The van der Waals surface area contributed by atoms with Crippen LogP contribution in [0.15, 0.2) is 29.9 Å². The SMILES string of the molecule is CCc1ccsc1CNc1ccncc1C. The molecular formula is C13H16N2S. The summed E-state index contributed by atoms with van der Waals surface area (Å²) in [5, 5.41) is 5.62. The maximum absolute atomic E-state index is 4.09. The third-order valence-corrected chi connectivity index (χ3v) is 3.64. The van der Waals surface area contributed by atoms with E-state index >= 15 is 0 Å². The van der Waals surface area contributed by atoms with Crippen molar-refractivity contribution >= 4 is 17.0 Å². The Morgan fingerprint density at radius 3 is 3.00 bits per heavy atom. The maximum Gasteiger partial charge on any atom is 0.0497 e. The van der Waals surface area contributed by atoms with Gasteiger partial charge in [0.2, 0.25) is 0 Å². The quantitative estimate of drug-likeness (QED) is 0.870. The van der Waals surface area contributed by atoms with Crippen molar-refractivity contribution in [3.63, 3.8) is 0 Å². The van der Waals surface area contributed by atoms with E-state index < -0.39 is 0 Å². The third kappa shape index (κ3) is 2.42. The minimum atomic E-state index is 0.908. The van der Waals surface area contributed by atoms with Crippen molar-refractivity contribution in [1.29, 1.82) is 0 Å². The maximum atomic E-state index is 4.09. The number of aromatic nitrogens is 1. The van der Waals surface area contributed by atoms with Crippen LogP contribution in [0.3, 0.4) is 0 Å². The van der Waals surface area contributed by atoms with Crippen molar-refractivity contribution in [2.45, 2.75) is 26.8 Å². The molecule has 0 aromatic carbocycles. The zero-order chi connectivity index (χ0) is 11.4. The Kier molecular flexibility index (Phi) is 3.57. The number of anilines is 1. The van der Waals surface area contributed by atoms with Gasteiger partial charge in [0, 0.05) is 29.5 Å².